The molecule has 1 saturated heterocycles. The monoisotopic (exact) mass is 419 g/mol. The van der Waals surface area contributed by atoms with Crippen molar-refractivity contribution in [1.29, 1.82) is 0 Å². The van der Waals surface area contributed by atoms with Crippen molar-refractivity contribution in [3.05, 3.63) is 51.7 Å². The average molecular weight is 420 g/mol. The molecule has 6 nitrogen and oxygen atoms in total. The Morgan fingerprint density at radius 3 is 2.82 bits per heavy atom. The average Bonchev–Trinajstić information content (AvgIpc) is 3.21. The maximum absolute atomic E-state index is 12.8. The first kappa shape index (κ1) is 20.4. The van der Waals surface area contributed by atoms with E-state index in [1.165, 1.54) is 16.2 Å². The van der Waals surface area contributed by atoms with E-state index in [9.17, 15) is 14.4 Å². The highest BCUT2D eigenvalue weighted by molar-refractivity contribution is 7.12. The summed E-state index contributed by atoms with van der Waals surface area (Å²) in [5.74, 6) is -0.735. The zero-order valence-corrected chi connectivity index (χ0v) is 17.1. The number of thiophene rings is 1. The van der Waals surface area contributed by atoms with Crippen LogP contribution in [-0.2, 0) is 9.59 Å². The van der Waals surface area contributed by atoms with Gasteiger partial charge in [-0.25, -0.2) is 0 Å². The quantitative estimate of drug-likeness (QED) is 0.807. The lowest BCUT2D eigenvalue weighted by molar-refractivity contribution is -0.138. The van der Waals surface area contributed by atoms with E-state index in [2.05, 4.69) is 5.32 Å². The Bertz CT molecular complexity index is 856. The van der Waals surface area contributed by atoms with Gasteiger partial charge in [-0.1, -0.05) is 23.7 Å². The second-order valence-corrected chi connectivity index (χ2v) is 8.20. The molecule has 0 aliphatic carbocycles. The number of nitrogens with one attached hydrogen (secondary N) is 1. The summed E-state index contributed by atoms with van der Waals surface area (Å²) in [6, 6.07) is 10.5. The highest BCUT2D eigenvalue weighted by atomic mass is 35.5. The summed E-state index contributed by atoms with van der Waals surface area (Å²) in [7, 11) is 1.61. The standard InChI is InChI=1S/C20H22ClN3O3S/c1-23(13-18(25)22-16-7-2-6-15(21)11-16)19(26)14-5-3-9-24(12-14)20(27)17-8-4-10-28-17/h2,4,6-8,10-11,14H,3,5,9,12-13H2,1H3,(H,22,25). The molecule has 0 radical (unpaired) electrons. The molecule has 3 amide bonds. The molecule has 0 saturated carbocycles. The molecule has 1 aromatic heterocycles. The SMILES string of the molecule is CN(CC(=O)Nc1cccc(Cl)c1)C(=O)C1CCCN(C(=O)c2cccs2)C1. The van der Waals surface area contributed by atoms with Crippen molar-refractivity contribution < 1.29 is 14.4 Å². The first-order chi connectivity index (χ1) is 13.4. The van der Waals surface area contributed by atoms with Crippen molar-refractivity contribution >= 4 is 46.3 Å². The molecule has 8 heteroatoms. The molecule has 148 valence electrons. The minimum atomic E-state index is -0.291. The Morgan fingerprint density at radius 2 is 2.11 bits per heavy atom. The Balaban J connectivity index is 1.55. The van der Waals surface area contributed by atoms with Crippen LogP contribution in [0.1, 0.15) is 22.5 Å². The van der Waals surface area contributed by atoms with E-state index in [0.29, 0.717) is 35.1 Å². The Kier molecular flexibility index (Phi) is 6.70. The maximum atomic E-state index is 12.8. The van der Waals surface area contributed by atoms with Crippen molar-refractivity contribution in [3.63, 3.8) is 0 Å². The van der Waals surface area contributed by atoms with Crippen LogP contribution in [0.5, 0.6) is 0 Å². The number of benzene rings is 1. The minimum absolute atomic E-state index is 0.0335. The van der Waals surface area contributed by atoms with Gasteiger partial charge in [-0.2, -0.15) is 0 Å². The van der Waals surface area contributed by atoms with Crippen LogP contribution in [0.2, 0.25) is 5.02 Å². The number of hydrogen-bond donors (Lipinski definition) is 1. The lowest BCUT2D eigenvalue weighted by Gasteiger charge is -2.33. The summed E-state index contributed by atoms with van der Waals surface area (Å²) < 4.78 is 0. The van der Waals surface area contributed by atoms with Crippen LogP contribution in [0.4, 0.5) is 5.69 Å². The zero-order chi connectivity index (χ0) is 20.1. The van der Waals surface area contributed by atoms with E-state index in [-0.39, 0.29) is 30.2 Å². The number of amides is 3. The number of carbonyl (C=O) groups is 3. The smallest absolute Gasteiger partial charge is 0.263 e. The molecule has 1 aliphatic rings. The van der Waals surface area contributed by atoms with E-state index >= 15 is 0 Å². The van der Waals surface area contributed by atoms with Crippen LogP contribution in [0.25, 0.3) is 0 Å². The van der Waals surface area contributed by atoms with Crippen molar-refractivity contribution in [1.82, 2.24) is 9.80 Å². The molecular formula is C20H22ClN3O3S. The number of carbonyl (C=O) groups excluding carboxylic acids is 3. The van der Waals surface area contributed by atoms with Crippen molar-refractivity contribution in [2.75, 3.05) is 32.0 Å². The zero-order valence-electron chi connectivity index (χ0n) is 15.6. The molecule has 1 N–H and O–H groups in total. The summed E-state index contributed by atoms with van der Waals surface area (Å²) in [4.78, 5) is 41.4. The summed E-state index contributed by atoms with van der Waals surface area (Å²) in [5, 5.41) is 5.13. The maximum Gasteiger partial charge on any atom is 0.263 e. The lowest BCUT2D eigenvalue weighted by atomic mass is 9.96. The van der Waals surface area contributed by atoms with E-state index in [1.54, 1.807) is 42.3 Å². The van der Waals surface area contributed by atoms with E-state index in [4.69, 9.17) is 11.6 Å². The van der Waals surface area contributed by atoms with Gasteiger partial charge in [-0.05, 0) is 42.5 Å². The first-order valence-electron chi connectivity index (χ1n) is 9.07. The highest BCUT2D eigenvalue weighted by Crippen LogP contribution is 2.22. The molecule has 1 aliphatic heterocycles. The van der Waals surface area contributed by atoms with Crippen molar-refractivity contribution in [2.24, 2.45) is 5.92 Å². The van der Waals surface area contributed by atoms with E-state index < -0.39 is 0 Å². The summed E-state index contributed by atoms with van der Waals surface area (Å²) >= 11 is 7.32. The van der Waals surface area contributed by atoms with Gasteiger partial charge >= 0.3 is 0 Å². The molecule has 1 unspecified atom stereocenters. The predicted octanol–water partition coefficient (Wildman–Crippen LogP) is 3.35. The van der Waals surface area contributed by atoms with Gasteiger partial charge in [0, 0.05) is 30.8 Å². The van der Waals surface area contributed by atoms with Crippen LogP contribution in [0.3, 0.4) is 0 Å². The number of rotatable bonds is 5. The minimum Gasteiger partial charge on any atom is -0.337 e. The lowest BCUT2D eigenvalue weighted by Crippen LogP contribution is -2.47. The van der Waals surface area contributed by atoms with Gasteiger partial charge in [0.2, 0.25) is 11.8 Å². The molecule has 0 bridgehead atoms. The van der Waals surface area contributed by atoms with Gasteiger partial charge < -0.3 is 15.1 Å². The molecule has 3 rings (SSSR count). The first-order valence-corrected chi connectivity index (χ1v) is 10.3. The number of piperidine rings is 1. The molecule has 1 atom stereocenters. The van der Waals surface area contributed by atoms with Crippen LogP contribution in [-0.4, -0.2) is 54.2 Å². The van der Waals surface area contributed by atoms with E-state index in [0.717, 1.165) is 6.42 Å². The third kappa shape index (κ3) is 5.11. The molecular weight excluding hydrogens is 398 g/mol. The summed E-state index contributed by atoms with van der Waals surface area (Å²) in [5.41, 5.74) is 0.587. The molecule has 2 heterocycles. The number of halogens is 1. The Morgan fingerprint density at radius 1 is 1.29 bits per heavy atom. The fourth-order valence-electron chi connectivity index (χ4n) is 3.29. The Labute approximate surface area is 173 Å². The fourth-order valence-corrected chi connectivity index (χ4v) is 4.17. The van der Waals surface area contributed by atoms with Gasteiger partial charge in [-0.3, -0.25) is 14.4 Å². The molecule has 28 heavy (non-hydrogen) atoms. The highest BCUT2D eigenvalue weighted by Gasteiger charge is 2.31. The predicted molar refractivity (Wildman–Crippen MR) is 111 cm³/mol. The number of anilines is 1. The molecule has 1 aromatic carbocycles. The van der Waals surface area contributed by atoms with Gasteiger partial charge in [0.1, 0.15) is 0 Å². The van der Waals surface area contributed by atoms with Crippen molar-refractivity contribution in [2.45, 2.75) is 12.8 Å². The van der Waals surface area contributed by atoms with Gasteiger partial charge in [0.05, 0.1) is 17.3 Å². The van der Waals surface area contributed by atoms with Gasteiger partial charge in [0.15, 0.2) is 0 Å². The summed E-state index contributed by atoms with van der Waals surface area (Å²) in [6.07, 6.45) is 1.49. The van der Waals surface area contributed by atoms with Crippen LogP contribution < -0.4 is 5.32 Å². The second-order valence-electron chi connectivity index (χ2n) is 6.82. The van der Waals surface area contributed by atoms with Gasteiger partial charge in [-0.15, -0.1) is 11.3 Å². The second kappa shape index (κ2) is 9.21. The fraction of sp³-hybridized carbons (Fsp3) is 0.350. The Hall–Kier alpha value is -2.38. The molecule has 1 fully saturated rings. The molecule has 2 aromatic rings. The largest absolute Gasteiger partial charge is 0.337 e. The third-order valence-corrected chi connectivity index (χ3v) is 5.75. The topological polar surface area (TPSA) is 69.7 Å². The van der Waals surface area contributed by atoms with Crippen LogP contribution >= 0.6 is 22.9 Å². The van der Waals surface area contributed by atoms with Gasteiger partial charge in [0.25, 0.3) is 5.91 Å². The van der Waals surface area contributed by atoms with Crippen LogP contribution in [0, 0.1) is 5.92 Å². The van der Waals surface area contributed by atoms with E-state index in [1.807, 2.05) is 11.4 Å². The summed E-state index contributed by atoms with van der Waals surface area (Å²) in [6.45, 7) is 0.982. The molecule has 0 spiro atoms. The number of hydrogen-bond acceptors (Lipinski definition) is 4. The third-order valence-electron chi connectivity index (χ3n) is 4.66. The number of likely N-dealkylation sites (N-methyl/N-ethyl adjacent to an activating group) is 1. The number of nitrogens with zero attached hydrogens (tertiary/aromatic N) is 2. The number of likely N-dealkylation sites (tertiary alicyclic amines) is 1. The normalized spacial score (nSPS) is 16.5. The van der Waals surface area contributed by atoms with Crippen LogP contribution in [0.15, 0.2) is 41.8 Å². The van der Waals surface area contributed by atoms with Crippen molar-refractivity contribution in [3.8, 4) is 0 Å².